The summed E-state index contributed by atoms with van der Waals surface area (Å²) in [5.74, 6) is 0.938. The minimum absolute atomic E-state index is 0. The number of aromatic amines is 1. The highest BCUT2D eigenvalue weighted by atomic mass is 31.0. The summed E-state index contributed by atoms with van der Waals surface area (Å²) in [6, 6.07) is 10.1. The van der Waals surface area contributed by atoms with Gasteiger partial charge in [0.25, 0.3) is 0 Å². The van der Waals surface area contributed by atoms with Gasteiger partial charge in [-0.15, -0.1) is 0 Å². The number of rotatable bonds is 1. The molecule has 0 aliphatic heterocycles. The number of nitrogens with zero attached hydrogens (tertiary/aromatic N) is 1. The summed E-state index contributed by atoms with van der Waals surface area (Å²) in [6.07, 6.45) is 1.84. The van der Waals surface area contributed by atoms with Gasteiger partial charge in [0.1, 0.15) is 5.82 Å². The number of nitrogens with one attached hydrogen (secondary N) is 1. The van der Waals surface area contributed by atoms with Crippen LogP contribution in [0.3, 0.4) is 0 Å². The van der Waals surface area contributed by atoms with Crippen LogP contribution in [0.1, 0.15) is 5.69 Å². The molecular weight excluding hydrogens is 179 g/mol. The van der Waals surface area contributed by atoms with E-state index in [0.717, 1.165) is 17.1 Å². The molecule has 2 aromatic rings. The molecule has 0 saturated heterocycles. The minimum Gasteiger partial charge on any atom is -0.342 e. The third-order valence-electron chi connectivity index (χ3n) is 1.75. The highest BCUT2D eigenvalue weighted by Crippen LogP contribution is 2.13. The molecular formula is C10H13N2P. The number of benzene rings is 1. The fraction of sp³-hybridized carbons (Fsp3) is 0.100. The van der Waals surface area contributed by atoms with Crippen LogP contribution in [0.4, 0.5) is 0 Å². The van der Waals surface area contributed by atoms with Gasteiger partial charge in [-0.3, -0.25) is 0 Å². The summed E-state index contributed by atoms with van der Waals surface area (Å²) in [5.41, 5.74) is 2.22. The first-order valence-electron chi connectivity index (χ1n) is 3.93. The molecule has 0 radical (unpaired) electrons. The predicted molar refractivity (Wildman–Crippen MR) is 59.9 cm³/mol. The van der Waals surface area contributed by atoms with Crippen molar-refractivity contribution in [3.63, 3.8) is 0 Å². The Morgan fingerprint density at radius 2 is 1.85 bits per heavy atom. The number of aryl methyl sites for hydroxylation is 1. The average molecular weight is 192 g/mol. The lowest BCUT2D eigenvalue weighted by atomic mass is 10.2. The monoisotopic (exact) mass is 192 g/mol. The smallest absolute Gasteiger partial charge is 0.137 e. The lowest BCUT2D eigenvalue weighted by Crippen LogP contribution is -1.78. The van der Waals surface area contributed by atoms with Crippen molar-refractivity contribution >= 4 is 9.90 Å². The molecule has 0 aliphatic carbocycles. The summed E-state index contributed by atoms with van der Waals surface area (Å²) in [5, 5.41) is 0. The van der Waals surface area contributed by atoms with Crippen LogP contribution < -0.4 is 0 Å². The van der Waals surface area contributed by atoms with Gasteiger partial charge < -0.3 is 4.98 Å². The van der Waals surface area contributed by atoms with Crippen LogP contribution in [-0.2, 0) is 0 Å². The molecule has 0 amide bonds. The van der Waals surface area contributed by atoms with Gasteiger partial charge in [0.05, 0.1) is 0 Å². The van der Waals surface area contributed by atoms with Crippen LogP contribution in [0.2, 0.25) is 0 Å². The van der Waals surface area contributed by atoms with E-state index in [2.05, 4.69) is 9.97 Å². The van der Waals surface area contributed by atoms with Crippen molar-refractivity contribution in [2.45, 2.75) is 6.92 Å². The summed E-state index contributed by atoms with van der Waals surface area (Å²) in [4.78, 5) is 7.41. The van der Waals surface area contributed by atoms with Crippen molar-refractivity contribution in [1.82, 2.24) is 9.97 Å². The maximum absolute atomic E-state index is 4.23. The lowest BCUT2D eigenvalue weighted by molar-refractivity contribution is 1.26. The minimum atomic E-state index is 0. The first kappa shape index (κ1) is 9.94. The highest BCUT2D eigenvalue weighted by Gasteiger charge is 1.98. The molecule has 0 bridgehead atoms. The molecule has 1 unspecified atom stereocenters. The van der Waals surface area contributed by atoms with E-state index in [1.165, 1.54) is 0 Å². The first-order valence-corrected chi connectivity index (χ1v) is 3.93. The Hall–Kier alpha value is -1.14. The molecule has 1 aromatic carbocycles. The third-order valence-corrected chi connectivity index (χ3v) is 1.75. The maximum Gasteiger partial charge on any atom is 0.137 e. The van der Waals surface area contributed by atoms with Crippen molar-refractivity contribution in [2.75, 3.05) is 0 Å². The SMILES string of the molecule is Cc1cnc(-c2ccccc2)[nH]1.P. The maximum atomic E-state index is 4.23. The molecule has 3 heteroatoms. The van der Waals surface area contributed by atoms with Crippen molar-refractivity contribution in [1.29, 1.82) is 0 Å². The highest BCUT2D eigenvalue weighted by molar-refractivity contribution is 6.92. The molecule has 0 spiro atoms. The molecule has 2 rings (SSSR count). The Labute approximate surface area is 81.0 Å². The van der Waals surface area contributed by atoms with E-state index < -0.39 is 0 Å². The largest absolute Gasteiger partial charge is 0.342 e. The van der Waals surface area contributed by atoms with E-state index >= 15 is 0 Å². The Morgan fingerprint density at radius 1 is 1.15 bits per heavy atom. The zero-order valence-electron chi connectivity index (χ0n) is 7.62. The standard InChI is InChI=1S/C10H10N2.H3P/c1-8-7-11-10(12-8)9-5-3-2-4-6-9;/h2-7H,1H3,(H,11,12);1H3. The molecule has 0 aliphatic rings. The van der Waals surface area contributed by atoms with Crippen LogP contribution in [0, 0.1) is 6.92 Å². The van der Waals surface area contributed by atoms with Crippen molar-refractivity contribution < 1.29 is 0 Å². The van der Waals surface area contributed by atoms with E-state index in [4.69, 9.17) is 0 Å². The van der Waals surface area contributed by atoms with Crippen LogP contribution in [0.5, 0.6) is 0 Å². The van der Waals surface area contributed by atoms with Crippen molar-refractivity contribution in [3.05, 3.63) is 42.2 Å². The second-order valence-corrected chi connectivity index (χ2v) is 2.78. The molecule has 0 saturated carbocycles. The van der Waals surface area contributed by atoms with E-state index in [9.17, 15) is 0 Å². The molecule has 1 atom stereocenters. The van der Waals surface area contributed by atoms with Gasteiger partial charge in [-0.05, 0) is 6.92 Å². The number of aromatic nitrogens is 2. The van der Waals surface area contributed by atoms with Crippen LogP contribution in [0.15, 0.2) is 36.5 Å². The van der Waals surface area contributed by atoms with Crippen molar-refractivity contribution in [2.24, 2.45) is 0 Å². The molecule has 1 N–H and O–H groups in total. The van der Waals surface area contributed by atoms with E-state index in [1.54, 1.807) is 0 Å². The topological polar surface area (TPSA) is 28.7 Å². The van der Waals surface area contributed by atoms with Gasteiger partial charge >= 0.3 is 0 Å². The Kier molecular flexibility index (Phi) is 3.21. The zero-order valence-corrected chi connectivity index (χ0v) is 9.03. The quantitative estimate of drug-likeness (QED) is 0.691. The van der Waals surface area contributed by atoms with Gasteiger partial charge in [0, 0.05) is 17.5 Å². The van der Waals surface area contributed by atoms with Crippen LogP contribution in [0.25, 0.3) is 11.4 Å². The van der Waals surface area contributed by atoms with E-state index in [-0.39, 0.29) is 9.90 Å². The lowest BCUT2D eigenvalue weighted by Gasteiger charge is -1.93. The zero-order chi connectivity index (χ0) is 8.39. The Balaban J connectivity index is 0.000000845. The van der Waals surface area contributed by atoms with E-state index in [0.29, 0.717) is 0 Å². The predicted octanol–water partition coefficient (Wildman–Crippen LogP) is 2.44. The fourth-order valence-electron chi connectivity index (χ4n) is 1.16. The van der Waals surface area contributed by atoms with E-state index in [1.807, 2.05) is 43.5 Å². The molecule has 68 valence electrons. The number of imidazole rings is 1. The molecule has 1 heterocycles. The Bertz CT molecular complexity index is 367. The van der Waals surface area contributed by atoms with Gasteiger partial charge in [-0.2, -0.15) is 9.90 Å². The van der Waals surface area contributed by atoms with Gasteiger partial charge in [0.15, 0.2) is 0 Å². The fourth-order valence-corrected chi connectivity index (χ4v) is 1.16. The molecule has 2 nitrogen and oxygen atoms in total. The summed E-state index contributed by atoms with van der Waals surface area (Å²) < 4.78 is 0. The molecule has 0 fully saturated rings. The molecule has 13 heavy (non-hydrogen) atoms. The summed E-state index contributed by atoms with van der Waals surface area (Å²) >= 11 is 0. The van der Waals surface area contributed by atoms with Crippen LogP contribution in [-0.4, -0.2) is 9.97 Å². The number of H-pyrrole nitrogens is 1. The van der Waals surface area contributed by atoms with Crippen molar-refractivity contribution in [3.8, 4) is 11.4 Å². The van der Waals surface area contributed by atoms with Crippen LogP contribution >= 0.6 is 9.90 Å². The van der Waals surface area contributed by atoms with Gasteiger partial charge in [-0.25, -0.2) is 4.98 Å². The summed E-state index contributed by atoms with van der Waals surface area (Å²) in [7, 11) is 0. The number of hydrogen-bond acceptors (Lipinski definition) is 1. The van der Waals surface area contributed by atoms with Gasteiger partial charge in [-0.1, -0.05) is 30.3 Å². The number of hydrogen-bond donors (Lipinski definition) is 1. The van der Waals surface area contributed by atoms with Gasteiger partial charge in [0.2, 0.25) is 0 Å². The average Bonchev–Trinajstić information content (AvgIpc) is 2.54. The first-order chi connectivity index (χ1) is 5.86. The third kappa shape index (κ3) is 2.16. The second kappa shape index (κ2) is 4.20. The Morgan fingerprint density at radius 3 is 2.38 bits per heavy atom. The second-order valence-electron chi connectivity index (χ2n) is 2.78. The summed E-state index contributed by atoms with van der Waals surface area (Å²) in [6.45, 7) is 2.00. The normalized spacial score (nSPS) is 9.31. The molecule has 1 aromatic heterocycles.